The molecule has 0 saturated heterocycles. The van der Waals surface area contributed by atoms with Gasteiger partial charge in [0.1, 0.15) is 11.0 Å². The largest absolute Gasteiger partial charge is 0.480 e. The van der Waals surface area contributed by atoms with Gasteiger partial charge in [0.15, 0.2) is 0 Å². The molecule has 1 saturated carbocycles. The topological polar surface area (TPSA) is 138 Å². The second-order valence-corrected chi connectivity index (χ2v) is 5.38. The van der Waals surface area contributed by atoms with Crippen molar-refractivity contribution in [3.63, 3.8) is 0 Å². The van der Waals surface area contributed by atoms with Gasteiger partial charge in [0.05, 0.1) is 5.56 Å². The maximum atomic E-state index is 12.4. The van der Waals surface area contributed by atoms with Gasteiger partial charge in [-0.25, -0.2) is 9.59 Å². The molecule has 0 spiro atoms. The number of carboxylic acid groups (broad SMARTS) is 1. The molecule has 1 aliphatic rings. The number of hydrogen-bond donors (Lipinski definition) is 4. The van der Waals surface area contributed by atoms with E-state index < -0.39 is 23.4 Å². The third-order valence-corrected chi connectivity index (χ3v) is 3.95. The zero-order valence-corrected chi connectivity index (χ0v) is 12.0. The lowest BCUT2D eigenvalue weighted by Crippen LogP contribution is -2.56. The van der Waals surface area contributed by atoms with E-state index in [1.54, 1.807) is 0 Å². The van der Waals surface area contributed by atoms with E-state index in [1.807, 2.05) is 0 Å². The number of nitrogens with zero attached hydrogens (tertiary/aromatic N) is 1. The fraction of sp³-hybridized carbons (Fsp3) is 0.429. The average Bonchev–Trinajstić information content (AvgIpc) is 2.47. The number of carboxylic acids is 1. The number of pyridine rings is 1. The second-order valence-electron chi connectivity index (χ2n) is 5.38. The minimum atomic E-state index is -1.31. The SMILES string of the molecule is N=c1c(C(=O)NC2(C(=O)O)CCCCC2)cccn1C(N)=O. The van der Waals surface area contributed by atoms with Gasteiger partial charge in [0, 0.05) is 6.20 Å². The highest BCUT2D eigenvalue weighted by Gasteiger charge is 2.41. The number of nitrogens with one attached hydrogen (secondary N) is 2. The number of hydrogen-bond acceptors (Lipinski definition) is 4. The molecule has 0 radical (unpaired) electrons. The Kier molecular flexibility index (Phi) is 4.30. The van der Waals surface area contributed by atoms with Crippen LogP contribution in [0.3, 0.4) is 0 Å². The molecule has 1 heterocycles. The predicted molar refractivity (Wildman–Crippen MR) is 76.2 cm³/mol. The summed E-state index contributed by atoms with van der Waals surface area (Å²) in [4.78, 5) is 35.1. The maximum Gasteiger partial charge on any atom is 0.329 e. The summed E-state index contributed by atoms with van der Waals surface area (Å²) in [5, 5.41) is 19.8. The van der Waals surface area contributed by atoms with Crippen LogP contribution in [0.4, 0.5) is 4.79 Å². The van der Waals surface area contributed by atoms with E-state index in [2.05, 4.69) is 5.32 Å². The number of rotatable bonds is 3. The number of carbonyl (C=O) groups is 3. The summed E-state index contributed by atoms with van der Waals surface area (Å²) in [6.07, 6.45) is 4.34. The molecule has 0 aliphatic heterocycles. The number of nitrogens with two attached hydrogens (primary N) is 1. The van der Waals surface area contributed by atoms with Crippen molar-refractivity contribution in [3.8, 4) is 0 Å². The van der Waals surface area contributed by atoms with Crippen LogP contribution in [0, 0.1) is 5.41 Å². The lowest BCUT2D eigenvalue weighted by Gasteiger charge is -2.33. The van der Waals surface area contributed by atoms with E-state index >= 15 is 0 Å². The van der Waals surface area contributed by atoms with Gasteiger partial charge in [-0.05, 0) is 25.0 Å². The summed E-state index contributed by atoms with van der Waals surface area (Å²) in [5.41, 5.74) is 3.35. The van der Waals surface area contributed by atoms with Crippen LogP contribution in [0.25, 0.3) is 0 Å². The highest BCUT2D eigenvalue weighted by molar-refractivity contribution is 5.97. The molecule has 1 aliphatic carbocycles. The first-order valence-electron chi connectivity index (χ1n) is 6.99. The molecular formula is C14H18N4O4. The van der Waals surface area contributed by atoms with Crippen LogP contribution in [0.1, 0.15) is 42.5 Å². The Hall–Kier alpha value is -2.64. The van der Waals surface area contributed by atoms with Crippen LogP contribution in [-0.2, 0) is 4.79 Å². The van der Waals surface area contributed by atoms with Gasteiger partial charge in [-0.2, -0.15) is 0 Å². The lowest BCUT2D eigenvalue weighted by molar-refractivity contribution is -0.145. The molecule has 8 heteroatoms. The summed E-state index contributed by atoms with van der Waals surface area (Å²) in [6, 6.07) is 1.88. The van der Waals surface area contributed by atoms with Gasteiger partial charge in [0.25, 0.3) is 5.91 Å². The number of amides is 2. The molecule has 0 atom stereocenters. The molecule has 0 bridgehead atoms. The van der Waals surface area contributed by atoms with E-state index in [4.69, 9.17) is 11.1 Å². The third-order valence-electron chi connectivity index (χ3n) is 3.95. The molecule has 1 aromatic heterocycles. The van der Waals surface area contributed by atoms with Gasteiger partial charge >= 0.3 is 12.0 Å². The van der Waals surface area contributed by atoms with Crippen LogP contribution in [0.5, 0.6) is 0 Å². The molecule has 0 unspecified atom stereocenters. The molecule has 2 amide bonds. The van der Waals surface area contributed by atoms with Crippen molar-refractivity contribution in [2.24, 2.45) is 5.73 Å². The zero-order chi connectivity index (χ0) is 16.3. The van der Waals surface area contributed by atoms with Crippen LogP contribution in [-0.4, -0.2) is 33.1 Å². The van der Waals surface area contributed by atoms with E-state index in [1.165, 1.54) is 18.3 Å². The van der Waals surface area contributed by atoms with Crippen molar-refractivity contribution >= 4 is 17.9 Å². The summed E-state index contributed by atoms with van der Waals surface area (Å²) in [6.45, 7) is 0. The average molecular weight is 306 g/mol. The van der Waals surface area contributed by atoms with E-state index in [0.29, 0.717) is 12.8 Å². The maximum absolute atomic E-state index is 12.4. The molecule has 5 N–H and O–H groups in total. The minimum absolute atomic E-state index is 0.0903. The van der Waals surface area contributed by atoms with Crippen molar-refractivity contribution in [2.45, 2.75) is 37.6 Å². The van der Waals surface area contributed by atoms with E-state index in [9.17, 15) is 19.5 Å². The Bertz CT molecular complexity index is 674. The van der Waals surface area contributed by atoms with E-state index in [-0.39, 0.29) is 11.1 Å². The third kappa shape index (κ3) is 2.85. The first-order valence-corrected chi connectivity index (χ1v) is 6.99. The highest BCUT2D eigenvalue weighted by atomic mass is 16.4. The van der Waals surface area contributed by atoms with Gasteiger partial charge in [-0.1, -0.05) is 19.3 Å². The summed E-state index contributed by atoms with van der Waals surface area (Å²) >= 11 is 0. The smallest absolute Gasteiger partial charge is 0.329 e. The lowest BCUT2D eigenvalue weighted by atomic mass is 9.81. The molecule has 1 aromatic rings. The Morgan fingerprint density at radius 1 is 1.27 bits per heavy atom. The van der Waals surface area contributed by atoms with Gasteiger partial charge in [-0.3, -0.25) is 14.8 Å². The van der Waals surface area contributed by atoms with Crippen LogP contribution in [0.15, 0.2) is 18.3 Å². The molecular weight excluding hydrogens is 288 g/mol. The second kappa shape index (κ2) is 6.00. The molecule has 22 heavy (non-hydrogen) atoms. The Labute approximate surface area is 126 Å². The normalized spacial score (nSPS) is 16.7. The first-order chi connectivity index (χ1) is 10.4. The number of aliphatic carboxylic acids is 1. The number of aromatic nitrogens is 1. The Morgan fingerprint density at radius 2 is 1.91 bits per heavy atom. The molecule has 118 valence electrons. The van der Waals surface area contributed by atoms with Crippen molar-refractivity contribution in [1.82, 2.24) is 9.88 Å². The predicted octanol–water partition coefficient (Wildman–Crippen LogP) is 0.412. The summed E-state index contributed by atoms with van der Waals surface area (Å²) in [5.74, 6) is -1.77. The van der Waals surface area contributed by atoms with Crippen molar-refractivity contribution in [1.29, 1.82) is 5.41 Å². The van der Waals surface area contributed by atoms with Crippen molar-refractivity contribution in [2.75, 3.05) is 0 Å². The fourth-order valence-corrected chi connectivity index (χ4v) is 2.71. The molecule has 1 fully saturated rings. The van der Waals surface area contributed by atoms with Crippen LogP contribution in [0.2, 0.25) is 0 Å². The quantitative estimate of drug-likeness (QED) is 0.642. The standard InChI is InChI=1S/C14H18N4O4/c15-10-9(5-4-8-18(10)13(16)22)11(19)17-14(12(20)21)6-2-1-3-7-14/h4-5,8,15H,1-3,6-7H2,(H2,16,22)(H,17,19)(H,20,21). The molecule has 0 aromatic carbocycles. The minimum Gasteiger partial charge on any atom is -0.480 e. The van der Waals surface area contributed by atoms with Gasteiger partial charge in [0.2, 0.25) is 0 Å². The first kappa shape index (κ1) is 15.7. The highest BCUT2D eigenvalue weighted by Crippen LogP contribution is 2.28. The summed E-state index contributed by atoms with van der Waals surface area (Å²) < 4.78 is 0.823. The fourth-order valence-electron chi connectivity index (χ4n) is 2.71. The van der Waals surface area contributed by atoms with E-state index in [0.717, 1.165) is 23.8 Å². The zero-order valence-electron chi connectivity index (χ0n) is 12.0. The Morgan fingerprint density at radius 3 is 2.45 bits per heavy atom. The number of primary amides is 1. The van der Waals surface area contributed by atoms with Gasteiger partial charge < -0.3 is 16.2 Å². The number of carbonyl (C=O) groups excluding carboxylic acids is 2. The summed E-state index contributed by atoms with van der Waals surface area (Å²) in [7, 11) is 0. The molecule has 8 nitrogen and oxygen atoms in total. The van der Waals surface area contributed by atoms with Crippen molar-refractivity contribution < 1.29 is 19.5 Å². The Balaban J connectivity index is 2.32. The monoisotopic (exact) mass is 306 g/mol. The van der Waals surface area contributed by atoms with Gasteiger partial charge in [-0.15, -0.1) is 0 Å². The molecule has 2 rings (SSSR count). The van der Waals surface area contributed by atoms with Crippen LogP contribution >= 0.6 is 0 Å². The van der Waals surface area contributed by atoms with Crippen molar-refractivity contribution in [3.05, 3.63) is 29.4 Å². The van der Waals surface area contributed by atoms with Crippen LogP contribution < -0.4 is 16.5 Å².